The van der Waals surface area contributed by atoms with Crippen LogP contribution in [0.3, 0.4) is 0 Å². The Hall–Kier alpha value is -2.28. The van der Waals surface area contributed by atoms with Gasteiger partial charge in [0.2, 0.25) is 0 Å². The zero-order chi connectivity index (χ0) is 16.8. The van der Waals surface area contributed by atoms with Gasteiger partial charge in [-0.25, -0.2) is 0 Å². The summed E-state index contributed by atoms with van der Waals surface area (Å²) in [7, 11) is -1.09. The summed E-state index contributed by atoms with van der Waals surface area (Å²) in [6.07, 6.45) is 1.57. The van der Waals surface area contributed by atoms with Gasteiger partial charge < -0.3 is 10.1 Å². The standard InChI is InChI=1S/C16H15F2NO3S/c1-23(21)14-8-4-12(5-9-14)15(20)19-10-11-2-6-13(7-3-11)22-16(17)18/h2-9,16H,10H2,1H3,(H,19,20). The molecule has 0 saturated heterocycles. The van der Waals surface area contributed by atoms with Crippen LogP contribution < -0.4 is 10.1 Å². The number of carbonyl (C=O) groups is 1. The maximum atomic E-state index is 12.0. The van der Waals surface area contributed by atoms with E-state index in [1.807, 2.05) is 0 Å². The molecule has 0 aliphatic rings. The average Bonchev–Trinajstić information content (AvgIpc) is 2.53. The van der Waals surface area contributed by atoms with E-state index in [2.05, 4.69) is 10.1 Å². The van der Waals surface area contributed by atoms with Crippen molar-refractivity contribution in [1.29, 1.82) is 0 Å². The van der Waals surface area contributed by atoms with E-state index in [0.29, 0.717) is 10.5 Å². The summed E-state index contributed by atoms with van der Waals surface area (Å²) in [6.45, 7) is -2.60. The van der Waals surface area contributed by atoms with Crippen molar-refractivity contribution >= 4 is 16.7 Å². The van der Waals surface area contributed by atoms with E-state index in [9.17, 15) is 17.8 Å². The summed E-state index contributed by atoms with van der Waals surface area (Å²) in [6, 6.07) is 12.5. The first-order chi connectivity index (χ1) is 11.0. The van der Waals surface area contributed by atoms with Crippen molar-refractivity contribution in [2.45, 2.75) is 18.1 Å². The monoisotopic (exact) mass is 339 g/mol. The van der Waals surface area contributed by atoms with Gasteiger partial charge in [-0.3, -0.25) is 9.00 Å². The predicted molar refractivity (Wildman–Crippen MR) is 83.0 cm³/mol. The summed E-state index contributed by atoms with van der Waals surface area (Å²) < 4.78 is 39.6. The molecule has 1 atom stereocenters. The molecule has 1 N–H and O–H groups in total. The van der Waals surface area contributed by atoms with Crippen LogP contribution in [0.1, 0.15) is 15.9 Å². The normalized spacial score (nSPS) is 12.0. The first-order valence-electron chi connectivity index (χ1n) is 6.71. The Balaban J connectivity index is 1.92. The molecule has 2 aromatic rings. The zero-order valence-corrected chi connectivity index (χ0v) is 13.1. The SMILES string of the molecule is CS(=O)c1ccc(C(=O)NCc2ccc(OC(F)F)cc2)cc1. The highest BCUT2D eigenvalue weighted by molar-refractivity contribution is 7.84. The predicted octanol–water partition coefficient (Wildman–Crippen LogP) is 2.96. The summed E-state index contributed by atoms with van der Waals surface area (Å²) in [4.78, 5) is 12.6. The Morgan fingerprint density at radius 3 is 2.26 bits per heavy atom. The molecule has 1 unspecified atom stereocenters. The van der Waals surface area contributed by atoms with Gasteiger partial charge in [-0.2, -0.15) is 8.78 Å². The Morgan fingerprint density at radius 2 is 1.74 bits per heavy atom. The van der Waals surface area contributed by atoms with Crippen molar-refractivity contribution in [3.63, 3.8) is 0 Å². The molecular weight excluding hydrogens is 324 g/mol. The van der Waals surface area contributed by atoms with Crippen LogP contribution in [0.15, 0.2) is 53.4 Å². The molecule has 122 valence electrons. The van der Waals surface area contributed by atoms with Crippen LogP contribution in [0.5, 0.6) is 5.75 Å². The minimum absolute atomic E-state index is 0.0678. The van der Waals surface area contributed by atoms with Crippen LogP contribution in [0.4, 0.5) is 8.78 Å². The van der Waals surface area contributed by atoms with E-state index in [-0.39, 0.29) is 18.2 Å². The summed E-state index contributed by atoms with van der Waals surface area (Å²) in [5.74, 6) is -0.204. The molecule has 0 bridgehead atoms. The van der Waals surface area contributed by atoms with Gasteiger partial charge >= 0.3 is 6.61 Å². The van der Waals surface area contributed by atoms with Crippen LogP contribution in [-0.2, 0) is 17.3 Å². The van der Waals surface area contributed by atoms with Gasteiger partial charge in [0.05, 0.1) is 0 Å². The molecule has 0 fully saturated rings. The van der Waals surface area contributed by atoms with E-state index in [4.69, 9.17) is 0 Å². The fraction of sp³-hybridized carbons (Fsp3) is 0.188. The maximum absolute atomic E-state index is 12.0. The second-order valence-corrected chi connectivity index (χ2v) is 6.06. The highest BCUT2D eigenvalue weighted by Gasteiger charge is 2.07. The summed E-state index contributed by atoms with van der Waals surface area (Å²) in [5, 5.41) is 2.72. The number of hydrogen-bond acceptors (Lipinski definition) is 3. The van der Waals surface area contributed by atoms with E-state index < -0.39 is 17.4 Å². The number of hydrogen-bond donors (Lipinski definition) is 1. The lowest BCUT2D eigenvalue weighted by atomic mass is 10.2. The summed E-state index contributed by atoms with van der Waals surface area (Å²) >= 11 is 0. The van der Waals surface area contributed by atoms with Crippen molar-refractivity contribution in [3.05, 3.63) is 59.7 Å². The lowest BCUT2D eigenvalue weighted by Gasteiger charge is -2.08. The summed E-state index contributed by atoms with van der Waals surface area (Å²) in [5.41, 5.74) is 1.21. The van der Waals surface area contributed by atoms with E-state index >= 15 is 0 Å². The maximum Gasteiger partial charge on any atom is 0.387 e. The van der Waals surface area contributed by atoms with Crippen molar-refractivity contribution in [3.8, 4) is 5.75 Å². The lowest BCUT2D eigenvalue weighted by Crippen LogP contribution is -2.22. The number of nitrogens with one attached hydrogen (secondary N) is 1. The van der Waals surface area contributed by atoms with E-state index in [1.54, 1.807) is 42.7 Å². The van der Waals surface area contributed by atoms with Crippen molar-refractivity contribution in [2.75, 3.05) is 6.26 Å². The van der Waals surface area contributed by atoms with Gasteiger partial charge in [-0.15, -0.1) is 0 Å². The third kappa shape index (κ3) is 5.14. The van der Waals surface area contributed by atoms with Crippen LogP contribution >= 0.6 is 0 Å². The third-order valence-electron chi connectivity index (χ3n) is 3.05. The Morgan fingerprint density at radius 1 is 1.13 bits per heavy atom. The number of benzene rings is 2. The average molecular weight is 339 g/mol. The minimum Gasteiger partial charge on any atom is -0.435 e. The number of alkyl halides is 2. The number of ether oxygens (including phenoxy) is 1. The van der Waals surface area contributed by atoms with Gasteiger partial charge in [-0.1, -0.05) is 12.1 Å². The van der Waals surface area contributed by atoms with Crippen molar-refractivity contribution in [1.82, 2.24) is 5.32 Å². The van der Waals surface area contributed by atoms with Crippen LogP contribution in [-0.4, -0.2) is 23.0 Å². The highest BCUT2D eigenvalue weighted by Crippen LogP contribution is 2.15. The molecule has 4 nitrogen and oxygen atoms in total. The fourth-order valence-electron chi connectivity index (χ4n) is 1.87. The second-order valence-electron chi connectivity index (χ2n) is 4.68. The lowest BCUT2D eigenvalue weighted by molar-refractivity contribution is -0.0498. The fourth-order valence-corrected chi connectivity index (χ4v) is 2.39. The molecule has 0 heterocycles. The molecule has 0 radical (unpaired) electrons. The zero-order valence-electron chi connectivity index (χ0n) is 12.3. The molecule has 7 heteroatoms. The molecule has 0 aliphatic carbocycles. The van der Waals surface area contributed by atoms with Crippen LogP contribution in [0.2, 0.25) is 0 Å². The van der Waals surface area contributed by atoms with Gasteiger partial charge in [0.1, 0.15) is 5.75 Å². The molecule has 0 aromatic heterocycles. The minimum atomic E-state index is -2.86. The number of rotatable bonds is 6. The Labute approximate surface area is 134 Å². The molecule has 23 heavy (non-hydrogen) atoms. The van der Waals surface area contributed by atoms with Gasteiger partial charge in [0.25, 0.3) is 5.91 Å². The topological polar surface area (TPSA) is 55.4 Å². The smallest absolute Gasteiger partial charge is 0.387 e. The number of halogens is 2. The first-order valence-corrected chi connectivity index (χ1v) is 8.27. The van der Waals surface area contributed by atoms with Gasteiger partial charge in [-0.05, 0) is 42.0 Å². The molecule has 2 aromatic carbocycles. The number of amides is 1. The van der Waals surface area contributed by atoms with E-state index in [0.717, 1.165) is 5.56 Å². The van der Waals surface area contributed by atoms with Gasteiger partial charge in [0, 0.05) is 34.1 Å². The third-order valence-corrected chi connectivity index (χ3v) is 3.99. The molecular formula is C16H15F2NO3S. The number of carbonyl (C=O) groups excluding carboxylic acids is 1. The largest absolute Gasteiger partial charge is 0.435 e. The first kappa shape index (κ1) is 17.1. The van der Waals surface area contributed by atoms with Crippen molar-refractivity contribution < 1.29 is 22.5 Å². The molecule has 2 rings (SSSR count). The Kier molecular flexibility index (Phi) is 5.81. The molecule has 0 aliphatic heterocycles. The second kappa shape index (κ2) is 7.82. The van der Waals surface area contributed by atoms with Crippen molar-refractivity contribution in [2.24, 2.45) is 0 Å². The quantitative estimate of drug-likeness (QED) is 0.880. The van der Waals surface area contributed by atoms with Crippen LogP contribution in [0.25, 0.3) is 0 Å². The van der Waals surface area contributed by atoms with E-state index in [1.165, 1.54) is 12.1 Å². The van der Waals surface area contributed by atoms with Crippen LogP contribution in [0, 0.1) is 0 Å². The molecule has 0 saturated carbocycles. The molecule has 1 amide bonds. The Bertz CT molecular complexity index is 687. The van der Waals surface area contributed by atoms with Gasteiger partial charge in [0.15, 0.2) is 0 Å². The molecule has 0 spiro atoms. The highest BCUT2D eigenvalue weighted by atomic mass is 32.2.